The van der Waals surface area contributed by atoms with Crippen molar-refractivity contribution in [2.75, 3.05) is 20.2 Å². The van der Waals surface area contributed by atoms with Crippen LogP contribution in [0.1, 0.15) is 41.0 Å². The third-order valence-electron chi connectivity index (χ3n) is 4.56. The zero-order valence-corrected chi connectivity index (χ0v) is 15.2. The van der Waals surface area contributed by atoms with Crippen LogP contribution in [0.5, 0.6) is 0 Å². The van der Waals surface area contributed by atoms with Crippen LogP contribution in [0, 0.1) is 13.8 Å². The first kappa shape index (κ1) is 17.5. The van der Waals surface area contributed by atoms with Gasteiger partial charge in [-0.3, -0.25) is 9.78 Å². The van der Waals surface area contributed by atoms with Gasteiger partial charge in [-0.25, -0.2) is 4.98 Å². The largest absolute Gasteiger partial charge is 0.376 e. The predicted molar refractivity (Wildman–Crippen MR) is 97.5 cm³/mol. The third-order valence-corrected chi connectivity index (χ3v) is 4.56. The lowest BCUT2D eigenvalue weighted by Gasteiger charge is -2.27. The molecule has 1 aliphatic rings. The summed E-state index contributed by atoms with van der Waals surface area (Å²) in [5.41, 5.74) is 4.14. The molecule has 1 aromatic carbocycles. The highest BCUT2D eigenvalue weighted by Crippen LogP contribution is 2.22. The number of aromatic nitrogens is 2. The number of benzene rings is 1. The fraction of sp³-hybridized carbons (Fsp3) is 0.450. The summed E-state index contributed by atoms with van der Waals surface area (Å²) in [6.45, 7) is 5.28. The molecule has 25 heavy (non-hydrogen) atoms. The van der Waals surface area contributed by atoms with E-state index in [9.17, 15) is 4.79 Å². The molecule has 0 spiro atoms. The van der Waals surface area contributed by atoms with Gasteiger partial charge in [0.1, 0.15) is 0 Å². The standard InChI is InChI=1S/C20H25N3O2/c1-14-12-21-15(2)19(22-14)16-7-6-8-17(11-16)20(24)23(3)13-18-9-4-5-10-25-18/h6-8,11-12,18H,4-5,9-10,13H2,1-3H3/t18-/m1/s1. The molecule has 0 N–H and O–H groups in total. The van der Waals surface area contributed by atoms with E-state index in [-0.39, 0.29) is 12.0 Å². The monoisotopic (exact) mass is 339 g/mol. The molecule has 1 atom stereocenters. The zero-order chi connectivity index (χ0) is 17.8. The maximum Gasteiger partial charge on any atom is 0.253 e. The van der Waals surface area contributed by atoms with Gasteiger partial charge in [0, 0.05) is 37.5 Å². The van der Waals surface area contributed by atoms with E-state index in [0.29, 0.717) is 12.1 Å². The van der Waals surface area contributed by atoms with Gasteiger partial charge < -0.3 is 9.64 Å². The van der Waals surface area contributed by atoms with E-state index >= 15 is 0 Å². The highest BCUT2D eigenvalue weighted by atomic mass is 16.5. The van der Waals surface area contributed by atoms with Crippen molar-refractivity contribution < 1.29 is 9.53 Å². The van der Waals surface area contributed by atoms with Crippen molar-refractivity contribution >= 4 is 5.91 Å². The summed E-state index contributed by atoms with van der Waals surface area (Å²) in [6, 6.07) is 7.62. The van der Waals surface area contributed by atoms with Crippen LogP contribution in [0.25, 0.3) is 11.3 Å². The molecule has 5 nitrogen and oxygen atoms in total. The van der Waals surface area contributed by atoms with E-state index in [4.69, 9.17) is 4.74 Å². The Morgan fingerprint density at radius 2 is 2.16 bits per heavy atom. The molecule has 0 unspecified atom stereocenters. The maximum absolute atomic E-state index is 12.8. The number of carbonyl (C=O) groups excluding carboxylic acids is 1. The first-order valence-corrected chi connectivity index (χ1v) is 8.82. The summed E-state index contributed by atoms with van der Waals surface area (Å²) >= 11 is 0. The molecule has 0 saturated carbocycles. The van der Waals surface area contributed by atoms with Gasteiger partial charge in [-0.05, 0) is 45.2 Å². The maximum atomic E-state index is 12.8. The molecular formula is C20H25N3O2. The predicted octanol–water partition coefficient (Wildman–Crippen LogP) is 3.40. The lowest BCUT2D eigenvalue weighted by Crippen LogP contribution is -2.37. The number of hydrogen-bond acceptors (Lipinski definition) is 4. The molecular weight excluding hydrogens is 314 g/mol. The quantitative estimate of drug-likeness (QED) is 0.857. The average Bonchev–Trinajstić information content (AvgIpc) is 2.64. The molecule has 1 fully saturated rings. The van der Waals surface area contributed by atoms with Crippen molar-refractivity contribution in [3.05, 3.63) is 47.4 Å². The molecule has 2 heterocycles. The summed E-state index contributed by atoms with van der Waals surface area (Å²) in [5, 5.41) is 0. The van der Waals surface area contributed by atoms with Gasteiger partial charge in [0.2, 0.25) is 0 Å². The molecule has 3 rings (SSSR count). The first-order valence-electron chi connectivity index (χ1n) is 8.82. The number of rotatable bonds is 4. The molecule has 1 amide bonds. The number of ether oxygens (including phenoxy) is 1. The smallest absolute Gasteiger partial charge is 0.253 e. The SMILES string of the molecule is Cc1cnc(C)c(-c2cccc(C(=O)N(C)C[C@H]3CCCCO3)c2)n1. The van der Waals surface area contributed by atoms with Crippen LogP contribution in [-0.2, 0) is 4.74 Å². The van der Waals surface area contributed by atoms with Crippen LogP contribution in [0.15, 0.2) is 30.5 Å². The molecule has 0 aliphatic carbocycles. The van der Waals surface area contributed by atoms with Gasteiger partial charge in [0.25, 0.3) is 5.91 Å². The van der Waals surface area contributed by atoms with Crippen molar-refractivity contribution in [1.82, 2.24) is 14.9 Å². The topological polar surface area (TPSA) is 55.3 Å². The molecule has 1 aliphatic heterocycles. The number of likely N-dealkylation sites (N-methyl/N-ethyl adjacent to an activating group) is 1. The summed E-state index contributed by atoms with van der Waals surface area (Å²) in [4.78, 5) is 23.5. The van der Waals surface area contributed by atoms with Crippen molar-refractivity contribution in [1.29, 1.82) is 0 Å². The van der Waals surface area contributed by atoms with Gasteiger partial charge in [-0.2, -0.15) is 0 Å². The van der Waals surface area contributed by atoms with E-state index in [1.807, 2.05) is 45.2 Å². The summed E-state index contributed by atoms with van der Waals surface area (Å²) in [6.07, 6.45) is 5.22. The second kappa shape index (κ2) is 7.74. The van der Waals surface area contributed by atoms with Gasteiger partial charge in [-0.15, -0.1) is 0 Å². The summed E-state index contributed by atoms with van der Waals surface area (Å²) in [7, 11) is 1.84. The van der Waals surface area contributed by atoms with E-state index in [0.717, 1.165) is 42.1 Å². The van der Waals surface area contributed by atoms with E-state index in [1.54, 1.807) is 11.1 Å². The minimum atomic E-state index is 0.00860. The highest BCUT2D eigenvalue weighted by Gasteiger charge is 2.20. The van der Waals surface area contributed by atoms with Crippen LogP contribution in [0.4, 0.5) is 0 Å². The second-order valence-electron chi connectivity index (χ2n) is 6.70. The normalized spacial score (nSPS) is 17.3. The number of amides is 1. The minimum absolute atomic E-state index is 0.00860. The van der Waals surface area contributed by atoms with Gasteiger partial charge in [0.05, 0.1) is 23.2 Å². The molecule has 5 heteroatoms. The molecule has 0 bridgehead atoms. The van der Waals surface area contributed by atoms with Crippen LogP contribution >= 0.6 is 0 Å². The van der Waals surface area contributed by atoms with Crippen molar-refractivity contribution in [2.24, 2.45) is 0 Å². The second-order valence-corrected chi connectivity index (χ2v) is 6.70. The number of hydrogen-bond donors (Lipinski definition) is 0. The average molecular weight is 339 g/mol. The van der Waals surface area contributed by atoms with E-state index in [1.165, 1.54) is 6.42 Å². The number of carbonyl (C=O) groups is 1. The van der Waals surface area contributed by atoms with Gasteiger partial charge in [-0.1, -0.05) is 12.1 Å². The van der Waals surface area contributed by atoms with Gasteiger partial charge >= 0.3 is 0 Å². The summed E-state index contributed by atoms with van der Waals surface area (Å²) < 4.78 is 5.74. The Balaban J connectivity index is 1.78. The Labute approximate surface area is 149 Å². The minimum Gasteiger partial charge on any atom is -0.376 e. The zero-order valence-electron chi connectivity index (χ0n) is 15.2. The van der Waals surface area contributed by atoms with Crippen LogP contribution in [0.3, 0.4) is 0 Å². The van der Waals surface area contributed by atoms with Crippen molar-refractivity contribution in [3.63, 3.8) is 0 Å². The molecule has 1 aromatic heterocycles. The number of nitrogens with zero attached hydrogens (tertiary/aromatic N) is 3. The first-order chi connectivity index (χ1) is 12.0. The summed E-state index contributed by atoms with van der Waals surface area (Å²) in [5.74, 6) is 0.00860. The van der Waals surface area contributed by atoms with E-state index < -0.39 is 0 Å². The fourth-order valence-electron chi connectivity index (χ4n) is 3.17. The molecule has 0 radical (unpaired) electrons. The lowest BCUT2D eigenvalue weighted by molar-refractivity contribution is -0.000186. The Hall–Kier alpha value is -2.27. The highest BCUT2D eigenvalue weighted by molar-refractivity contribution is 5.95. The Bertz CT molecular complexity index is 754. The molecule has 2 aromatic rings. The number of aryl methyl sites for hydroxylation is 2. The third kappa shape index (κ3) is 4.23. The van der Waals surface area contributed by atoms with Crippen LogP contribution in [-0.4, -0.2) is 47.1 Å². The van der Waals surface area contributed by atoms with E-state index in [2.05, 4.69) is 9.97 Å². The van der Waals surface area contributed by atoms with Gasteiger partial charge in [0.15, 0.2) is 0 Å². The van der Waals surface area contributed by atoms with Crippen molar-refractivity contribution in [2.45, 2.75) is 39.2 Å². The Morgan fingerprint density at radius 3 is 2.92 bits per heavy atom. The van der Waals surface area contributed by atoms with Crippen molar-refractivity contribution in [3.8, 4) is 11.3 Å². The molecule has 132 valence electrons. The lowest BCUT2D eigenvalue weighted by atomic mass is 10.0. The fourth-order valence-corrected chi connectivity index (χ4v) is 3.17. The Morgan fingerprint density at radius 1 is 1.32 bits per heavy atom. The molecule has 1 saturated heterocycles. The van der Waals surface area contributed by atoms with Crippen LogP contribution < -0.4 is 0 Å². The van der Waals surface area contributed by atoms with Crippen LogP contribution in [0.2, 0.25) is 0 Å². The Kier molecular flexibility index (Phi) is 5.43.